The first-order valence-corrected chi connectivity index (χ1v) is 12.6. The molecule has 0 N–H and O–H groups in total. The Morgan fingerprint density at radius 2 is 1.51 bits per heavy atom. The smallest absolute Gasteiger partial charge is 0.270 e. The molecule has 4 aromatic rings. The zero-order chi connectivity index (χ0) is 27.5. The highest BCUT2D eigenvalue weighted by Crippen LogP contribution is 2.34. The van der Waals surface area contributed by atoms with Crippen molar-refractivity contribution < 1.29 is 14.5 Å². The SMILES string of the molecule is CC(c1cccc2ccccc12)N1C(=O)/C(=C/C=C/c2ccccc2)C(=O)N(c2ccc([N+](=O)[O-])cc2)C1=S. The van der Waals surface area contributed by atoms with Crippen LogP contribution in [0, 0.1) is 10.1 Å². The van der Waals surface area contributed by atoms with Crippen LogP contribution in [0.3, 0.4) is 0 Å². The van der Waals surface area contributed by atoms with Gasteiger partial charge in [-0.3, -0.25) is 29.5 Å². The Labute approximate surface area is 230 Å². The fourth-order valence-electron chi connectivity index (χ4n) is 4.63. The van der Waals surface area contributed by atoms with Gasteiger partial charge in [0.15, 0.2) is 5.11 Å². The number of carbonyl (C=O) groups is 2. The molecule has 1 atom stereocenters. The zero-order valence-corrected chi connectivity index (χ0v) is 21.7. The lowest BCUT2D eigenvalue weighted by molar-refractivity contribution is -0.384. The molecule has 1 unspecified atom stereocenters. The van der Waals surface area contributed by atoms with E-state index in [0.29, 0.717) is 5.69 Å². The van der Waals surface area contributed by atoms with Gasteiger partial charge in [-0.2, -0.15) is 0 Å². The minimum absolute atomic E-state index is 0.00322. The van der Waals surface area contributed by atoms with Gasteiger partial charge in [-0.15, -0.1) is 0 Å². The number of anilines is 1. The summed E-state index contributed by atoms with van der Waals surface area (Å²) < 4.78 is 0. The summed E-state index contributed by atoms with van der Waals surface area (Å²) in [5.74, 6) is -1.11. The third kappa shape index (κ3) is 4.97. The zero-order valence-electron chi connectivity index (χ0n) is 20.9. The molecule has 0 radical (unpaired) electrons. The van der Waals surface area contributed by atoms with Gasteiger partial charge < -0.3 is 0 Å². The van der Waals surface area contributed by atoms with Crippen molar-refractivity contribution in [2.24, 2.45) is 0 Å². The molecule has 5 rings (SSSR count). The fraction of sp³-hybridized carbons (Fsp3) is 0.0645. The van der Waals surface area contributed by atoms with E-state index in [4.69, 9.17) is 12.2 Å². The van der Waals surface area contributed by atoms with Crippen molar-refractivity contribution in [1.82, 2.24) is 4.90 Å². The summed E-state index contributed by atoms with van der Waals surface area (Å²) in [4.78, 5) is 40.9. The number of rotatable bonds is 6. The topological polar surface area (TPSA) is 83.8 Å². The molecule has 7 nitrogen and oxygen atoms in total. The highest BCUT2D eigenvalue weighted by atomic mass is 32.1. The van der Waals surface area contributed by atoms with Gasteiger partial charge in [-0.25, -0.2) is 0 Å². The summed E-state index contributed by atoms with van der Waals surface area (Å²) in [7, 11) is 0. The molecule has 0 spiro atoms. The Bertz CT molecular complexity index is 1660. The predicted molar refractivity (Wildman–Crippen MR) is 156 cm³/mol. The molecule has 0 aromatic heterocycles. The van der Waals surface area contributed by atoms with Crippen molar-refractivity contribution in [2.75, 3.05) is 4.90 Å². The Kier molecular flexibility index (Phi) is 7.12. The van der Waals surface area contributed by atoms with E-state index in [1.54, 1.807) is 12.2 Å². The lowest BCUT2D eigenvalue weighted by Gasteiger charge is -2.40. The highest BCUT2D eigenvalue weighted by molar-refractivity contribution is 7.80. The summed E-state index contributed by atoms with van der Waals surface area (Å²) >= 11 is 5.74. The van der Waals surface area contributed by atoms with Crippen LogP contribution >= 0.6 is 12.2 Å². The van der Waals surface area contributed by atoms with Crippen LogP contribution in [0.2, 0.25) is 0 Å². The van der Waals surface area contributed by atoms with E-state index in [1.807, 2.05) is 79.7 Å². The van der Waals surface area contributed by atoms with Crippen LogP contribution in [0.1, 0.15) is 24.1 Å². The largest absolute Gasteiger partial charge is 0.277 e. The number of nitro groups is 1. The summed E-state index contributed by atoms with van der Waals surface area (Å²) in [6.07, 6.45) is 4.94. The molecular formula is C31H23N3O4S. The van der Waals surface area contributed by atoms with E-state index in [9.17, 15) is 19.7 Å². The molecule has 2 amide bonds. The number of non-ortho nitro benzene ring substituents is 1. The Hall–Kier alpha value is -4.95. The second kappa shape index (κ2) is 10.8. The summed E-state index contributed by atoms with van der Waals surface area (Å²) in [6.45, 7) is 1.87. The molecule has 39 heavy (non-hydrogen) atoms. The molecule has 1 aliphatic rings. The minimum atomic E-state index is -0.599. The average molecular weight is 534 g/mol. The molecule has 192 valence electrons. The number of amides is 2. The number of benzene rings is 4. The van der Waals surface area contributed by atoms with Crippen LogP contribution in [0.15, 0.2) is 115 Å². The first kappa shape index (κ1) is 25.7. The second-order valence-electron chi connectivity index (χ2n) is 8.97. The van der Waals surface area contributed by atoms with Crippen LogP contribution in [-0.4, -0.2) is 26.8 Å². The van der Waals surface area contributed by atoms with E-state index in [1.165, 1.54) is 40.1 Å². The van der Waals surface area contributed by atoms with Crippen molar-refractivity contribution in [1.29, 1.82) is 0 Å². The molecule has 1 saturated heterocycles. The van der Waals surface area contributed by atoms with E-state index >= 15 is 0 Å². The monoisotopic (exact) mass is 533 g/mol. The second-order valence-corrected chi connectivity index (χ2v) is 9.33. The normalized spacial score (nSPS) is 15.9. The number of hydrogen-bond acceptors (Lipinski definition) is 5. The molecule has 1 fully saturated rings. The molecule has 8 heteroatoms. The quantitative estimate of drug-likeness (QED) is 0.0916. The molecule has 1 aliphatic heterocycles. The van der Waals surface area contributed by atoms with Gasteiger partial charge >= 0.3 is 0 Å². The van der Waals surface area contributed by atoms with Crippen LogP contribution < -0.4 is 4.90 Å². The van der Waals surface area contributed by atoms with Gasteiger partial charge in [0.05, 0.1) is 16.7 Å². The lowest BCUT2D eigenvalue weighted by Crippen LogP contribution is -2.57. The number of nitro benzene ring substituents is 1. The molecule has 0 aliphatic carbocycles. The Balaban J connectivity index is 1.60. The average Bonchev–Trinajstić information content (AvgIpc) is 2.95. The number of fused-ring (bicyclic) bond motifs is 1. The number of hydrogen-bond donors (Lipinski definition) is 0. The van der Waals surface area contributed by atoms with Gasteiger partial charge in [0.25, 0.3) is 17.5 Å². The number of thiocarbonyl (C=S) groups is 1. The molecule has 0 saturated carbocycles. The highest BCUT2D eigenvalue weighted by Gasteiger charge is 2.42. The van der Waals surface area contributed by atoms with Gasteiger partial charge in [0, 0.05) is 12.1 Å². The van der Waals surface area contributed by atoms with Gasteiger partial charge in [0.2, 0.25) is 0 Å². The molecule has 0 bridgehead atoms. The molecule has 1 heterocycles. The fourth-order valence-corrected chi connectivity index (χ4v) is 5.06. The first-order chi connectivity index (χ1) is 18.9. The summed E-state index contributed by atoms with van der Waals surface area (Å²) in [6, 6.07) is 28.2. The maximum atomic E-state index is 13.9. The van der Waals surface area contributed by atoms with Crippen LogP contribution in [-0.2, 0) is 9.59 Å². The van der Waals surface area contributed by atoms with Crippen molar-refractivity contribution in [3.05, 3.63) is 136 Å². The standard InChI is InChI=1S/C31H23N3O4S/c1-21(26-15-8-13-23-12-5-6-14-27(23)26)32-29(35)28(16-7-11-22-9-3-2-4-10-22)30(36)33(31(32)39)24-17-19-25(20-18-24)34(37)38/h2-21H,1H3/b11-7+,28-16-. The van der Waals surface area contributed by atoms with Crippen molar-refractivity contribution in [2.45, 2.75) is 13.0 Å². The summed E-state index contributed by atoms with van der Waals surface area (Å²) in [5, 5.41) is 13.2. The number of allylic oxidation sites excluding steroid dienone is 2. The van der Waals surface area contributed by atoms with Crippen LogP contribution in [0.5, 0.6) is 0 Å². The van der Waals surface area contributed by atoms with Gasteiger partial charge in [-0.05, 0) is 59.2 Å². The lowest BCUT2D eigenvalue weighted by atomic mass is 9.97. The molecule has 4 aromatic carbocycles. The minimum Gasteiger partial charge on any atom is -0.277 e. The van der Waals surface area contributed by atoms with Crippen LogP contribution in [0.25, 0.3) is 16.8 Å². The van der Waals surface area contributed by atoms with Gasteiger partial charge in [-0.1, -0.05) is 84.9 Å². The van der Waals surface area contributed by atoms with E-state index in [2.05, 4.69) is 0 Å². The van der Waals surface area contributed by atoms with Crippen molar-refractivity contribution >= 4 is 57.4 Å². The van der Waals surface area contributed by atoms with E-state index < -0.39 is 22.8 Å². The van der Waals surface area contributed by atoms with E-state index in [-0.39, 0.29) is 16.4 Å². The van der Waals surface area contributed by atoms with Crippen molar-refractivity contribution in [3.8, 4) is 0 Å². The third-order valence-corrected chi connectivity index (χ3v) is 6.99. The first-order valence-electron chi connectivity index (χ1n) is 12.2. The maximum Gasteiger partial charge on any atom is 0.270 e. The van der Waals surface area contributed by atoms with Crippen molar-refractivity contribution in [3.63, 3.8) is 0 Å². The third-order valence-electron chi connectivity index (χ3n) is 6.61. The summed E-state index contributed by atoms with van der Waals surface area (Å²) in [5.41, 5.74) is 1.93. The Morgan fingerprint density at radius 1 is 0.846 bits per heavy atom. The maximum absolute atomic E-state index is 13.9. The molecular weight excluding hydrogens is 510 g/mol. The number of carbonyl (C=O) groups excluding carboxylic acids is 2. The van der Waals surface area contributed by atoms with Gasteiger partial charge in [0.1, 0.15) is 5.57 Å². The predicted octanol–water partition coefficient (Wildman–Crippen LogP) is 6.61. The van der Waals surface area contributed by atoms with E-state index in [0.717, 1.165) is 21.9 Å². The van der Waals surface area contributed by atoms with Crippen LogP contribution in [0.4, 0.5) is 11.4 Å². The Morgan fingerprint density at radius 3 is 2.23 bits per heavy atom. The number of nitrogens with zero attached hydrogens (tertiary/aromatic N) is 3.